The van der Waals surface area contributed by atoms with Gasteiger partial charge >= 0.3 is 0 Å². The summed E-state index contributed by atoms with van der Waals surface area (Å²) in [7, 11) is 0.393. The van der Waals surface area contributed by atoms with Crippen LogP contribution in [0, 0.1) is 6.92 Å². The summed E-state index contributed by atoms with van der Waals surface area (Å²) in [5.74, 6) is 1.62. The van der Waals surface area contributed by atoms with E-state index in [1.54, 1.807) is 35.2 Å². The third-order valence-electron chi connectivity index (χ3n) is 6.02. The van der Waals surface area contributed by atoms with E-state index in [1.165, 1.54) is 28.3 Å². The van der Waals surface area contributed by atoms with Crippen molar-refractivity contribution in [3.8, 4) is 17.2 Å². The van der Waals surface area contributed by atoms with Gasteiger partial charge in [-0.2, -0.15) is 0 Å². The highest BCUT2D eigenvalue weighted by molar-refractivity contribution is 7.93. The van der Waals surface area contributed by atoms with Crippen LogP contribution in [0.25, 0.3) is 5.69 Å². The first-order valence-electron chi connectivity index (χ1n) is 11.8. The van der Waals surface area contributed by atoms with Gasteiger partial charge < -0.3 is 14.2 Å². The number of aryl methyl sites for hydroxylation is 1. The minimum absolute atomic E-state index is 0.0229. The SMILES string of the molecule is COc1cccc(OC)c1-n1c(Cc2ccccc2)nnc1NS(=O)(=O)[C@@H](C)[C@H](OC)c1ncc(C)cn1. The zero-order chi connectivity index (χ0) is 27.3. The molecule has 11 nitrogen and oxygen atoms in total. The van der Waals surface area contributed by atoms with Crippen LogP contribution in [-0.4, -0.2) is 59.7 Å². The van der Waals surface area contributed by atoms with Gasteiger partial charge in [-0.15, -0.1) is 10.2 Å². The lowest BCUT2D eigenvalue weighted by atomic mass is 10.1. The van der Waals surface area contributed by atoms with Crippen molar-refractivity contribution in [3.63, 3.8) is 0 Å². The summed E-state index contributed by atoms with van der Waals surface area (Å²) < 4.78 is 48.1. The molecule has 2 atom stereocenters. The minimum atomic E-state index is -4.07. The molecule has 2 aromatic heterocycles. The Hall–Kier alpha value is -4.03. The summed E-state index contributed by atoms with van der Waals surface area (Å²) in [6.45, 7) is 3.37. The first kappa shape index (κ1) is 27.0. The molecule has 4 aromatic rings. The molecule has 0 amide bonds. The Kier molecular flexibility index (Phi) is 8.23. The standard InChI is InChI=1S/C26H30N6O5S/c1-17-15-27-25(28-16-17)24(37-5)18(2)38(33,34)31-26-30-29-22(14-19-10-7-6-8-11-19)32(26)23-20(35-3)12-9-13-21(23)36-4/h6-13,15-16,18,24H,14H2,1-5H3,(H,30,31)/t18-,24-/m0/s1. The van der Waals surface area contributed by atoms with E-state index in [0.717, 1.165) is 11.1 Å². The van der Waals surface area contributed by atoms with Gasteiger partial charge in [-0.1, -0.05) is 36.4 Å². The highest BCUT2D eigenvalue weighted by Gasteiger charge is 2.35. The number of hydrogen-bond donors (Lipinski definition) is 1. The van der Waals surface area contributed by atoms with Crippen molar-refractivity contribution >= 4 is 16.0 Å². The molecule has 0 fully saturated rings. The molecule has 0 bridgehead atoms. The number of aromatic nitrogens is 5. The van der Waals surface area contributed by atoms with Crippen molar-refractivity contribution in [3.05, 3.63) is 83.7 Å². The molecule has 1 N–H and O–H groups in total. The van der Waals surface area contributed by atoms with Crippen molar-refractivity contribution in [1.29, 1.82) is 0 Å². The predicted molar refractivity (Wildman–Crippen MR) is 142 cm³/mol. The van der Waals surface area contributed by atoms with Crippen LogP contribution >= 0.6 is 0 Å². The molecule has 2 heterocycles. The molecule has 0 spiro atoms. The van der Waals surface area contributed by atoms with Crippen LogP contribution in [0.5, 0.6) is 11.5 Å². The number of nitrogens with zero attached hydrogens (tertiary/aromatic N) is 5. The Morgan fingerprint density at radius 1 is 0.921 bits per heavy atom. The molecular weight excluding hydrogens is 508 g/mol. The summed E-state index contributed by atoms with van der Waals surface area (Å²) in [6.07, 6.45) is 2.68. The number of sulfonamides is 1. The van der Waals surface area contributed by atoms with Crippen LogP contribution in [0.2, 0.25) is 0 Å². The summed E-state index contributed by atoms with van der Waals surface area (Å²) in [4.78, 5) is 8.52. The second-order valence-electron chi connectivity index (χ2n) is 8.58. The molecule has 0 radical (unpaired) electrons. The smallest absolute Gasteiger partial charge is 0.243 e. The maximum absolute atomic E-state index is 13.6. The number of hydrogen-bond acceptors (Lipinski definition) is 9. The number of anilines is 1. The quantitative estimate of drug-likeness (QED) is 0.305. The van der Waals surface area contributed by atoms with E-state index in [4.69, 9.17) is 14.2 Å². The Morgan fingerprint density at radius 2 is 1.55 bits per heavy atom. The summed E-state index contributed by atoms with van der Waals surface area (Å²) in [6, 6.07) is 14.9. The van der Waals surface area contributed by atoms with E-state index in [1.807, 2.05) is 37.3 Å². The van der Waals surface area contributed by atoms with E-state index in [2.05, 4.69) is 24.9 Å². The van der Waals surface area contributed by atoms with Gasteiger partial charge in [0.05, 0.1) is 14.2 Å². The molecule has 0 aliphatic rings. The third-order valence-corrected chi connectivity index (χ3v) is 7.71. The van der Waals surface area contributed by atoms with Crippen LogP contribution in [0.15, 0.2) is 60.9 Å². The van der Waals surface area contributed by atoms with E-state index < -0.39 is 21.4 Å². The van der Waals surface area contributed by atoms with Crippen molar-refractivity contribution < 1.29 is 22.6 Å². The van der Waals surface area contributed by atoms with E-state index in [-0.39, 0.29) is 11.8 Å². The Morgan fingerprint density at radius 3 is 2.13 bits per heavy atom. The van der Waals surface area contributed by atoms with Crippen molar-refractivity contribution in [1.82, 2.24) is 24.7 Å². The Bertz CT molecular complexity index is 1450. The summed E-state index contributed by atoms with van der Waals surface area (Å²) in [5.41, 5.74) is 2.28. The lowest BCUT2D eigenvalue weighted by molar-refractivity contribution is 0.0949. The van der Waals surface area contributed by atoms with Crippen LogP contribution in [-0.2, 0) is 21.2 Å². The maximum atomic E-state index is 13.6. The van der Waals surface area contributed by atoms with Crippen molar-refractivity contribution in [2.45, 2.75) is 31.6 Å². The van der Waals surface area contributed by atoms with Gasteiger partial charge in [-0.25, -0.2) is 18.4 Å². The summed E-state index contributed by atoms with van der Waals surface area (Å²) >= 11 is 0. The van der Waals surface area contributed by atoms with Gasteiger partial charge in [0.1, 0.15) is 34.4 Å². The molecular formula is C26H30N6O5S. The Balaban J connectivity index is 1.79. The number of ether oxygens (including phenoxy) is 3. The third kappa shape index (κ3) is 5.60. The number of para-hydroxylation sites is 1. The fourth-order valence-electron chi connectivity index (χ4n) is 4.00. The van der Waals surface area contributed by atoms with E-state index in [0.29, 0.717) is 29.4 Å². The molecule has 0 saturated carbocycles. The second-order valence-corrected chi connectivity index (χ2v) is 10.6. The molecule has 12 heteroatoms. The zero-order valence-electron chi connectivity index (χ0n) is 21.8. The van der Waals surface area contributed by atoms with Gasteiger partial charge in [-0.05, 0) is 37.1 Å². The molecule has 4 rings (SSSR count). The molecule has 0 aliphatic heterocycles. The number of rotatable bonds is 11. The maximum Gasteiger partial charge on any atom is 0.243 e. The molecule has 2 aromatic carbocycles. The minimum Gasteiger partial charge on any atom is -0.494 e. The van der Waals surface area contributed by atoms with Gasteiger partial charge in [0.2, 0.25) is 16.0 Å². The number of methoxy groups -OCH3 is 3. The monoisotopic (exact) mass is 538 g/mol. The van der Waals surface area contributed by atoms with E-state index >= 15 is 0 Å². The molecule has 200 valence electrons. The largest absolute Gasteiger partial charge is 0.494 e. The normalized spacial score (nSPS) is 13.1. The topological polar surface area (TPSA) is 130 Å². The highest BCUT2D eigenvalue weighted by atomic mass is 32.2. The van der Waals surface area contributed by atoms with Crippen LogP contribution in [0.4, 0.5) is 5.95 Å². The van der Waals surface area contributed by atoms with Crippen LogP contribution in [0.1, 0.15) is 35.8 Å². The predicted octanol–water partition coefficient (Wildman–Crippen LogP) is 3.49. The van der Waals surface area contributed by atoms with Gasteiger partial charge in [0.25, 0.3) is 0 Å². The molecule has 0 aliphatic carbocycles. The van der Waals surface area contributed by atoms with Crippen LogP contribution < -0.4 is 14.2 Å². The second kappa shape index (κ2) is 11.6. The highest BCUT2D eigenvalue weighted by Crippen LogP contribution is 2.36. The number of benzene rings is 2. The first-order valence-corrected chi connectivity index (χ1v) is 13.4. The van der Waals surface area contributed by atoms with Gasteiger partial charge in [0, 0.05) is 25.9 Å². The lowest BCUT2D eigenvalue weighted by Gasteiger charge is -2.23. The van der Waals surface area contributed by atoms with Crippen molar-refractivity contribution in [2.75, 3.05) is 26.1 Å². The first-order chi connectivity index (χ1) is 18.3. The summed E-state index contributed by atoms with van der Waals surface area (Å²) in [5, 5.41) is 7.48. The Labute approximate surface area is 221 Å². The molecule has 0 saturated heterocycles. The zero-order valence-corrected chi connectivity index (χ0v) is 22.6. The average molecular weight is 539 g/mol. The average Bonchev–Trinajstić information content (AvgIpc) is 3.30. The molecule has 0 unspecified atom stereocenters. The van der Waals surface area contributed by atoms with Crippen LogP contribution in [0.3, 0.4) is 0 Å². The fourth-order valence-corrected chi connectivity index (χ4v) is 5.13. The van der Waals surface area contributed by atoms with Gasteiger partial charge in [-0.3, -0.25) is 9.29 Å². The molecule has 38 heavy (non-hydrogen) atoms. The lowest BCUT2D eigenvalue weighted by Crippen LogP contribution is -2.33. The van der Waals surface area contributed by atoms with Gasteiger partial charge in [0.15, 0.2) is 5.82 Å². The fraction of sp³-hybridized carbons (Fsp3) is 0.308. The van der Waals surface area contributed by atoms with Crippen molar-refractivity contribution in [2.24, 2.45) is 0 Å². The van der Waals surface area contributed by atoms with E-state index in [9.17, 15) is 8.42 Å². The number of nitrogens with one attached hydrogen (secondary N) is 1.